The first kappa shape index (κ1) is 14.4. The summed E-state index contributed by atoms with van der Waals surface area (Å²) >= 11 is 0. The van der Waals surface area contributed by atoms with E-state index in [0.717, 1.165) is 6.61 Å². The van der Waals surface area contributed by atoms with Gasteiger partial charge in [0.25, 0.3) is 0 Å². The highest BCUT2D eigenvalue weighted by Crippen LogP contribution is 2.09. The maximum Gasteiger partial charge on any atom is 0.246 e. The molecule has 0 fully saturated rings. The third-order valence-electron chi connectivity index (χ3n) is 2.21. The van der Waals surface area contributed by atoms with Crippen LogP contribution in [0.15, 0.2) is 24.3 Å². The molecule has 0 unspecified atom stereocenters. The van der Waals surface area contributed by atoms with Crippen molar-refractivity contribution in [2.75, 3.05) is 6.61 Å². The molecule has 0 atom stereocenters. The van der Waals surface area contributed by atoms with Crippen LogP contribution in [0, 0.1) is 6.92 Å². The van der Waals surface area contributed by atoms with E-state index in [1.165, 1.54) is 30.4 Å². The largest absolute Gasteiger partial charge is 0.419 e. The number of hydrogen-bond donors (Lipinski definition) is 0. The fourth-order valence-electron chi connectivity index (χ4n) is 1.26. The first-order valence-corrected chi connectivity index (χ1v) is 6.00. The van der Waals surface area contributed by atoms with Gasteiger partial charge in [0.15, 0.2) is 0 Å². The monoisotopic (exact) mass is 221 g/mol. The predicted molar refractivity (Wildman–Crippen MR) is 67.2 cm³/mol. The standard InChI is InChI=1S/C11H16.C2H5OSi/c1-3-4-8-11-9-6-5-7-10(11)2;1-2-3-4/h5-7,9H,3-4,8H2,1-2H3;2H2,1H3. The maximum absolute atomic E-state index is 4.35. The van der Waals surface area contributed by atoms with E-state index >= 15 is 0 Å². The fourth-order valence-corrected chi connectivity index (χ4v) is 1.26. The molecule has 0 saturated heterocycles. The molecule has 1 nitrogen and oxygen atoms in total. The van der Waals surface area contributed by atoms with E-state index in [2.05, 4.69) is 53.0 Å². The summed E-state index contributed by atoms with van der Waals surface area (Å²) < 4.78 is 4.35. The second kappa shape index (κ2) is 9.93. The van der Waals surface area contributed by atoms with Crippen LogP contribution < -0.4 is 0 Å². The molecule has 15 heavy (non-hydrogen) atoms. The van der Waals surface area contributed by atoms with Gasteiger partial charge in [0.1, 0.15) is 0 Å². The molecule has 0 heterocycles. The molecule has 0 saturated carbocycles. The molecule has 0 N–H and O–H groups in total. The van der Waals surface area contributed by atoms with Crippen LogP contribution >= 0.6 is 0 Å². The molecule has 0 aliphatic heterocycles. The van der Waals surface area contributed by atoms with Crippen molar-refractivity contribution in [3.05, 3.63) is 35.4 Å². The van der Waals surface area contributed by atoms with Gasteiger partial charge in [-0.3, -0.25) is 0 Å². The van der Waals surface area contributed by atoms with E-state index in [-0.39, 0.29) is 0 Å². The van der Waals surface area contributed by atoms with E-state index < -0.39 is 0 Å². The third kappa shape index (κ3) is 7.34. The van der Waals surface area contributed by atoms with Crippen LogP contribution in [-0.4, -0.2) is 17.1 Å². The highest BCUT2D eigenvalue weighted by Gasteiger charge is 1.94. The fraction of sp³-hybridized carbons (Fsp3) is 0.538. The Balaban J connectivity index is 0.000000423. The summed E-state index contributed by atoms with van der Waals surface area (Å²) in [6, 6.07) is 8.64. The van der Waals surface area contributed by atoms with Crippen molar-refractivity contribution < 1.29 is 4.43 Å². The molecule has 1 aromatic carbocycles. The van der Waals surface area contributed by atoms with Gasteiger partial charge in [-0.1, -0.05) is 37.6 Å². The average Bonchev–Trinajstić information content (AvgIpc) is 2.28. The Hall–Kier alpha value is -0.603. The lowest BCUT2D eigenvalue weighted by molar-refractivity contribution is 0.375. The zero-order valence-electron chi connectivity index (χ0n) is 10.0. The molecule has 0 bridgehead atoms. The minimum Gasteiger partial charge on any atom is -0.419 e. The number of aryl methyl sites for hydroxylation is 2. The lowest BCUT2D eigenvalue weighted by Gasteiger charge is -2.02. The van der Waals surface area contributed by atoms with Gasteiger partial charge in [-0.05, 0) is 37.8 Å². The first-order chi connectivity index (χ1) is 7.26. The smallest absolute Gasteiger partial charge is 0.246 e. The van der Waals surface area contributed by atoms with E-state index in [4.69, 9.17) is 0 Å². The molecule has 0 aliphatic carbocycles. The predicted octanol–water partition coefficient (Wildman–Crippen LogP) is 3.44. The molecule has 0 spiro atoms. The average molecular weight is 221 g/mol. The van der Waals surface area contributed by atoms with Crippen molar-refractivity contribution in [1.29, 1.82) is 0 Å². The summed E-state index contributed by atoms with van der Waals surface area (Å²) in [4.78, 5) is 0. The summed E-state index contributed by atoms with van der Waals surface area (Å²) in [6.45, 7) is 7.06. The highest BCUT2D eigenvalue weighted by molar-refractivity contribution is 5.97. The third-order valence-corrected chi connectivity index (χ3v) is 2.49. The summed E-state index contributed by atoms with van der Waals surface area (Å²) in [5.41, 5.74) is 2.94. The topological polar surface area (TPSA) is 9.23 Å². The molecule has 1 aromatic rings. The van der Waals surface area contributed by atoms with Gasteiger partial charge in [-0.25, -0.2) is 0 Å². The summed E-state index contributed by atoms with van der Waals surface area (Å²) in [5.74, 6) is 0. The molecule has 1 rings (SSSR count). The van der Waals surface area contributed by atoms with E-state index in [1.807, 2.05) is 6.92 Å². The number of unbranched alkanes of at least 4 members (excludes halogenated alkanes) is 1. The molecule has 2 heteroatoms. The normalized spacial score (nSPS) is 9.33. The Morgan fingerprint density at radius 3 is 2.27 bits per heavy atom. The van der Waals surface area contributed by atoms with Gasteiger partial charge in [0, 0.05) is 6.61 Å². The zero-order valence-corrected chi connectivity index (χ0v) is 11.0. The first-order valence-electron chi connectivity index (χ1n) is 5.59. The summed E-state index contributed by atoms with van der Waals surface area (Å²) in [7, 11) is 2.79. The molecule has 0 amide bonds. The Kier molecular flexibility index (Phi) is 9.53. The molecule has 3 radical (unpaired) electrons. The lowest BCUT2D eigenvalue weighted by Crippen LogP contribution is -1.87. The van der Waals surface area contributed by atoms with Crippen LogP contribution in [0.25, 0.3) is 0 Å². The number of hydrogen-bond acceptors (Lipinski definition) is 1. The minimum absolute atomic E-state index is 0.733. The minimum atomic E-state index is 0.733. The van der Waals surface area contributed by atoms with Crippen LogP contribution in [0.5, 0.6) is 0 Å². The van der Waals surface area contributed by atoms with E-state index in [0.29, 0.717) is 0 Å². The lowest BCUT2D eigenvalue weighted by atomic mass is 10.0. The quantitative estimate of drug-likeness (QED) is 0.708. The van der Waals surface area contributed by atoms with Crippen molar-refractivity contribution in [3.63, 3.8) is 0 Å². The highest BCUT2D eigenvalue weighted by atomic mass is 28.2. The number of rotatable bonds is 4. The maximum atomic E-state index is 4.35. The molecule has 0 aromatic heterocycles. The van der Waals surface area contributed by atoms with Crippen LogP contribution in [0.2, 0.25) is 0 Å². The van der Waals surface area contributed by atoms with Gasteiger partial charge >= 0.3 is 0 Å². The van der Waals surface area contributed by atoms with E-state index in [9.17, 15) is 0 Å². The number of benzene rings is 1. The van der Waals surface area contributed by atoms with Gasteiger partial charge in [-0.15, -0.1) is 0 Å². The van der Waals surface area contributed by atoms with Crippen LogP contribution in [-0.2, 0) is 10.8 Å². The Bertz CT molecular complexity index is 246. The summed E-state index contributed by atoms with van der Waals surface area (Å²) in [5, 5.41) is 0. The molecule has 0 aliphatic rings. The van der Waals surface area contributed by atoms with Crippen LogP contribution in [0.4, 0.5) is 0 Å². The Morgan fingerprint density at radius 1 is 1.20 bits per heavy atom. The second-order valence-electron chi connectivity index (χ2n) is 3.46. The van der Waals surface area contributed by atoms with Crippen molar-refractivity contribution in [2.24, 2.45) is 0 Å². The molecule has 83 valence electrons. The summed E-state index contributed by atoms with van der Waals surface area (Å²) in [6.07, 6.45) is 3.84. The van der Waals surface area contributed by atoms with Crippen molar-refractivity contribution in [2.45, 2.75) is 40.0 Å². The van der Waals surface area contributed by atoms with Gasteiger partial charge in [-0.2, -0.15) is 0 Å². The SMILES string of the molecule is CCCCc1ccccc1C.CCO[Si]. The molecular weight excluding hydrogens is 200 g/mol. The molecular formula is C13H21OSi. The zero-order chi connectivity index (χ0) is 11.5. The van der Waals surface area contributed by atoms with Gasteiger partial charge in [0.2, 0.25) is 10.5 Å². The van der Waals surface area contributed by atoms with Crippen molar-refractivity contribution in [3.8, 4) is 0 Å². The Morgan fingerprint density at radius 2 is 1.80 bits per heavy atom. The van der Waals surface area contributed by atoms with Gasteiger partial charge in [0.05, 0.1) is 0 Å². The van der Waals surface area contributed by atoms with Crippen LogP contribution in [0.3, 0.4) is 0 Å². The van der Waals surface area contributed by atoms with Crippen molar-refractivity contribution >= 4 is 10.5 Å². The Labute approximate surface area is 97.4 Å². The van der Waals surface area contributed by atoms with Crippen LogP contribution in [0.1, 0.15) is 37.8 Å². The van der Waals surface area contributed by atoms with E-state index in [1.54, 1.807) is 0 Å². The second-order valence-corrected chi connectivity index (χ2v) is 3.75. The van der Waals surface area contributed by atoms with Crippen molar-refractivity contribution in [1.82, 2.24) is 0 Å². The van der Waals surface area contributed by atoms with Gasteiger partial charge < -0.3 is 4.43 Å².